The summed E-state index contributed by atoms with van der Waals surface area (Å²) in [4.78, 5) is 2.44. The summed E-state index contributed by atoms with van der Waals surface area (Å²) < 4.78 is 1.99. The molecule has 0 bridgehead atoms. The number of rotatable bonds is 2. The molecular formula is C13H24N4. The number of hydrogen-bond acceptors (Lipinski definition) is 3. The highest BCUT2D eigenvalue weighted by Crippen LogP contribution is 2.37. The molecule has 0 saturated carbocycles. The lowest BCUT2D eigenvalue weighted by Gasteiger charge is -2.39. The highest BCUT2D eigenvalue weighted by Gasteiger charge is 2.33. The van der Waals surface area contributed by atoms with Crippen LogP contribution in [0.25, 0.3) is 0 Å². The normalized spacial score (nSPS) is 26.4. The lowest BCUT2D eigenvalue weighted by Crippen LogP contribution is -2.39. The molecule has 96 valence electrons. The zero-order valence-electron chi connectivity index (χ0n) is 11.4. The average molecular weight is 236 g/mol. The Balaban J connectivity index is 2.41. The molecule has 2 rings (SSSR count). The van der Waals surface area contributed by atoms with Crippen LogP contribution in [0.2, 0.25) is 0 Å². The van der Waals surface area contributed by atoms with Crippen LogP contribution in [0.4, 0.5) is 0 Å². The van der Waals surface area contributed by atoms with Gasteiger partial charge in [0.1, 0.15) is 0 Å². The van der Waals surface area contributed by atoms with E-state index in [9.17, 15) is 0 Å². The van der Waals surface area contributed by atoms with E-state index in [0.29, 0.717) is 12.0 Å². The van der Waals surface area contributed by atoms with Crippen molar-refractivity contribution in [2.45, 2.75) is 32.7 Å². The van der Waals surface area contributed by atoms with Gasteiger partial charge >= 0.3 is 0 Å². The Labute approximate surface area is 104 Å². The largest absolute Gasteiger partial charge is 0.330 e. The SMILES string of the molecule is Cc1nn(C)c(C)c1C1C(CN)CCCN1C. The summed E-state index contributed by atoms with van der Waals surface area (Å²) in [6.45, 7) is 6.20. The van der Waals surface area contributed by atoms with Gasteiger partial charge in [-0.2, -0.15) is 5.10 Å². The molecule has 4 nitrogen and oxygen atoms in total. The summed E-state index contributed by atoms with van der Waals surface area (Å²) in [5, 5.41) is 4.54. The molecule has 1 fully saturated rings. The van der Waals surface area contributed by atoms with Crippen molar-refractivity contribution in [1.82, 2.24) is 14.7 Å². The molecule has 1 aliphatic heterocycles. The second-order valence-corrected chi connectivity index (χ2v) is 5.27. The average Bonchev–Trinajstić information content (AvgIpc) is 2.54. The molecule has 1 saturated heterocycles. The molecule has 2 unspecified atom stereocenters. The van der Waals surface area contributed by atoms with Gasteiger partial charge in [-0.3, -0.25) is 9.58 Å². The fraction of sp³-hybridized carbons (Fsp3) is 0.769. The Morgan fingerprint density at radius 1 is 1.35 bits per heavy atom. The Morgan fingerprint density at radius 2 is 2.06 bits per heavy atom. The minimum atomic E-state index is 0.447. The number of aromatic nitrogens is 2. The Hall–Kier alpha value is -0.870. The Morgan fingerprint density at radius 3 is 2.59 bits per heavy atom. The fourth-order valence-corrected chi connectivity index (χ4v) is 3.18. The maximum absolute atomic E-state index is 5.95. The van der Waals surface area contributed by atoms with Crippen molar-refractivity contribution >= 4 is 0 Å². The van der Waals surface area contributed by atoms with Crippen molar-refractivity contribution in [3.05, 3.63) is 17.0 Å². The minimum Gasteiger partial charge on any atom is -0.330 e. The number of aryl methyl sites for hydroxylation is 2. The van der Waals surface area contributed by atoms with Crippen molar-refractivity contribution in [3.63, 3.8) is 0 Å². The van der Waals surface area contributed by atoms with Gasteiger partial charge in [-0.05, 0) is 52.7 Å². The van der Waals surface area contributed by atoms with Gasteiger partial charge in [-0.1, -0.05) is 0 Å². The van der Waals surface area contributed by atoms with Crippen molar-refractivity contribution in [1.29, 1.82) is 0 Å². The number of piperidine rings is 1. The maximum atomic E-state index is 5.95. The van der Waals surface area contributed by atoms with Gasteiger partial charge in [0.25, 0.3) is 0 Å². The molecule has 1 aromatic rings. The molecule has 0 aliphatic carbocycles. The molecule has 0 aromatic carbocycles. The summed E-state index contributed by atoms with van der Waals surface area (Å²) >= 11 is 0. The topological polar surface area (TPSA) is 47.1 Å². The van der Waals surface area contributed by atoms with Crippen LogP contribution in [0.5, 0.6) is 0 Å². The van der Waals surface area contributed by atoms with Crippen LogP contribution >= 0.6 is 0 Å². The molecule has 1 aliphatic rings. The van der Waals surface area contributed by atoms with Crippen molar-refractivity contribution < 1.29 is 0 Å². The second-order valence-electron chi connectivity index (χ2n) is 5.27. The molecule has 0 radical (unpaired) electrons. The van der Waals surface area contributed by atoms with E-state index < -0.39 is 0 Å². The van der Waals surface area contributed by atoms with E-state index in [-0.39, 0.29) is 0 Å². The van der Waals surface area contributed by atoms with Gasteiger partial charge in [0, 0.05) is 24.3 Å². The summed E-state index contributed by atoms with van der Waals surface area (Å²) in [5.74, 6) is 0.565. The number of hydrogen-bond donors (Lipinski definition) is 1. The zero-order chi connectivity index (χ0) is 12.6. The lowest BCUT2D eigenvalue weighted by atomic mass is 9.84. The molecule has 17 heavy (non-hydrogen) atoms. The van der Waals surface area contributed by atoms with E-state index >= 15 is 0 Å². The number of nitrogens with two attached hydrogens (primary N) is 1. The highest BCUT2D eigenvalue weighted by molar-refractivity contribution is 5.29. The summed E-state index contributed by atoms with van der Waals surface area (Å²) in [7, 11) is 4.23. The van der Waals surface area contributed by atoms with Gasteiger partial charge in [-0.25, -0.2) is 0 Å². The van der Waals surface area contributed by atoms with Crippen molar-refractivity contribution in [2.75, 3.05) is 20.1 Å². The second kappa shape index (κ2) is 4.78. The first kappa shape index (κ1) is 12.6. The standard InChI is InChI=1S/C13H24N4/c1-9-12(10(2)17(4)15-9)13-11(8-14)6-5-7-16(13)3/h11,13H,5-8,14H2,1-4H3. The van der Waals surface area contributed by atoms with Crippen molar-refractivity contribution in [2.24, 2.45) is 18.7 Å². The van der Waals surface area contributed by atoms with Gasteiger partial charge < -0.3 is 5.73 Å². The Bertz CT molecular complexity index is 396. The summed E-state index contributed by atoms with van der Waals surface area (Å²) in [6, 6.07) is 0.447. The van der Waals surface area contributed by atoms with Crippen LogP contribution in [-0.2, 0) is 7.05 Å². The van der Waals surface area contributed by atoms with Crippen LogP contribution in [0, 0.1) is 19.8 Å². The molecule has 2 atom stereocenters. The van der Waals surface area contributed by atoms with Gasteiger partial charge in [0.15, 0.2) is 0 Å². The predicted molar refractivity (Wildman–Crippen MR) is 69.8 cm³/mol. The zero-order valence-corrected chi connectivity index (χ0v) is 11.4. The third-order valence-electron chi connectivity index (χ3n) is 4.17. The third-order valence-corrected chi connectivity index (χ3v) is 4.17. The van der Waals surface area contributed by atoms with Crippen LogP contribution in [0.15, 0.2) is 0 Å². The van der Waals surface area contributed by atoms with E-state index in [0.717, 1.165) is 18.8 Å². The first-order chi connectivity index (χ1) is 8.06. The molecule has 0 amide bonds. The first-order valence-corrected chi connectivity index (χ1v) is 6.46. The smallest absolute Gasteiger partial charge is 0.0644 e. The molecule has 1 aromatic heterocycles. The first-order valence-electron chi connectivity index (χ1n) is 6.46. The number of nitrogens with zero attached hydrogens (tertiary/aromatic N) is 3. The summed E-state index contributed by atoms with van der Waals surface area (Å²) in [6.07, 6.45) is 2.49. The van der Waals surface area contributed by atoms with E-state index in [2.05, 4.69) is 30.9 Å². The molecule has 2 heterocycles. The van der Waals surface area contributed by atoms with Gasteiger partial charge in [0.05, 0.1) is 5.69 Å². The van der Waals surface area contributed by atoms with Crippen LogP contribution in [-0.4, -0.2) is 34.8 Å². The van der Waals surface area contributed by atoms with E-state index in [1.54, 1.807) is 0 Å². The predicted octanol–water partition coefficient (Wildman–Crippen LogP) is 1.38. The van der Waals surface area contributed by atoms with Crippen molar-refractivity contribution in [3.8, 4) is 0 Å². The highest BCUT2D eigenvalue weighted by atomic mass is 15.3. The monoisotopic (exact) mass is 236 g/mol. The molecule has 0 spiro atoms. The van der Waals surface area contributed by atoms with E-state index in [4.69, 9.17) is 5.73 Å². The minimum absolute atomic E-state index is 0.447. The summed E-state index contributed by atoms with van der Waals surface area (Å²) in [5.41, 5.74) is 9.77. The van der Waals surface area contributed by atoms with Crippen LogP contribution < -0.4 is 5.73 Å². The quantitative estimate of drug-likeness (QED) is 0.844. The lowest BCUT2D eigenvalue weighted by molar-refractivity contribution is 0.124. The van der Waals surface area contributed by atoms with Gasteiger partial charge in [0.2, 0.25) is 0 Å². The Kier molecular flexibility index (Phi) is 3.54. The third kappa shape index (κ3) is 2.11. The van der Waals surface area contributed by atoms with E-state index in [1.165, 1.54) is 24.1 Å². The van der Waals surface area contributed by atoms with Crippen LogP contribution in [0.3, 0.4) is 0 Å². The molecular weight excluding hydrogens is 212 g/mol. The fourth-order valence-electron chi connectivity index (χ4n) is 3.18. The maximum Gasteiger partial charge on any atom is 0.0644 e. The van der Waals surface area contributed by atoms with E-state index in [1.807, 2.05) is 11.7 Å². The van der Waals surface area contributed by atoms with Gasteiger partial charge in [-0.15, -0.1) is 0 Å². The molecule has 2 N–H and O–H groups in total. The molecule has 4 heteroatoms. The number of likely N-dealkylation sites (tertiary alicyclic amines) is 1. The van der Waals surface area contributed by atoms with Crippen LogP contribution in [0.1, 0.15) is 35.8 Å².